The van der Waals surface area contributed by atoms with Gasteiger partial charge in [0.25, 0.3) is 0 Å². The Balaban J connectivity index is 1.48. The van der Waals surface area contributed by atoms with Crippen LogP contribution in [-0.4, -0.2) is 42.5 Å². The van der Waals surface area contributed by atoms with Crippen molar-refractivity contribution in [1.29, 1.82) is 0 Å². The van der Waals surface area contributed by atoms with Gasteiger partial charge in [-0.3, -0.25) is 4.79 Å². The molecule has 1 aliphatic rings. The maximum atomic E-state index is 13.0. The lowest BCUT2D eigenvalue weighted by atomic mass is 10.1. The Morgan fingerprint density at radius 2 is 1.93 bits per heavy atom. The zero-order valence-corrected chi connectivity index (χ0v) is 16.9. The van der Waals surface area contributed by atoms with E-state index in [4.69, 9.17) is 4.42 Å². The number of thioether (sulfide) groups is 1. The Morgan fingerprint density at radius 3 is 2.64 bits per heavy atom. The first-order valence-electron chi connectivity index (χ1n) is 9.14. The smallest absolute Gasteiger partial charge is 0.233 e. The summed E-state index contributed by atoms with van der Waals surface area (Å²) in [4.78, 5) is 15.7. The normalized spacial score (nSPS) is 18.4. The average molecular weight is 416 g/mol. The average Bonchev–Trinajstić information content (AvgIpc) is 3.33. The fourth-order valence-electron chi connectivity index (χ4n) is 3.50. The van der Waals surface area contributed by atoms with Gasteiger partial charge in [0.15, 0.2) is 9.84 Å². The fourth-order valence-corrected chi connectivity index (χ4v) is 6.06. The van der Waals surface area contributed by atoms with Gasteiger partial charge in [0.05, 0.1) is 30.1 Å². The van der Waals surface area contributed by atoms with Gasteiger partial charge >= 0.3 is 0 Å². The van der Waals surface area contributed by atoms with Crippen molar-refractivity contribution in [3.63, 3.8) is 0 Å². The second-order valence-corrected chi connectivity index (χ2v) is 10.2. The van der Waals surface area contributed by atoms with E-state index in [1.165, 1.54) is 11.8 Å². The van der Waals surface area contributed by atoms with E-state index in [1.54, 1.807) is 23.3 Å². The molecule has 1 aliphatic heterocycles. The molecule has 0 aliphatic carbocycles. The largest absolute Gasteiger partial charge is 0.467 e. The lowest BCUT2D eigenvalue weighted by molar-refractivity contribution is -0.131. The van der Waals surface area contributed by atoms with E-state index in [1.807, 2.05) is 30.3 Å². The van der Waals surface area contributed by atoms with Gasteiger partial charge in [-0.1, -0.05) is 30.3 Å². The molecule has 1 atom stereocenters. The zero-order chi connectivity index (χ0) is 19.6. The predicted molar refractivity (Wildman–Crippen MR) is 111 cm³/mol. The minimum absolute atomic E-state index is 0.0279. The van der Waals surface area contributed by atoms with E-state index in [2.05, 4.69) is 12.1 Å². The topological polar surface area (TPSA) is 67.6 Å². The first-order valence-corrected chi connectivity index (χ1v) is 11.9. The number of carbonyl (C=O) groups excluding carboxylic acids is 1. The van der Waals surface area contributed by atoms with Gasteiger partial charge in [0.2, 0.25) is 5.91 Å². The number of furan rings is 1. The Hall–Kier alpha value is -2.25. The highest BCUT2D eigenvalue weighted by Gasteiger charge is 2.35. The molecule has 2 aromatic carbocycles. The van der Waals surface area contributed by atoms with Gasteiger partial charge in [-0.15, -0.1) is 11.8 Å². The number of carbonyl (C=O) groups is 1. The molecule has 7 heteroatoms. The summed E-state index contributed by atoms with van der Waals surface area (Å²) in [7, 11) is -3.08. The quantitative estimate of drug-likeness (QED) is 0.574. The molecule has 0 saturated carbocycles. The maximum absolute atomic E-state index is 13.0. The summed E-state index contributed by atoms with van der Waals surface area (Å²) in [5.74, 6) is 1.01. The summed E-state index contributed by atoms with van der Waals surface area (Å²) in [5, 5.41) is 2.29. The highest BCUT2D eigenvalue weighted by Crippen LogP contribution is 2.26. The van der Waals surface area contributed by atoms with E-state index in [9.17, 15) is 13.2 Å². The number of hydrogen-bond acceptors (Lipinski definition) is 5. The molecule has 1 amide bonds. The second kappa shape index (κ2) is 8.01. The van der Waals surface area contributed by atoms with Crippen LogP contribution in [-0.2, 0) is 21.2 Å². The van der Waals surface area contributed by atoms with Crippen LogP contribution in [0, 0.1) is 0 Å². The number of hydrogen-bond donors (Lipinski definition) is 0. The molecule has 4 rings (SSSR count). The third-order valence-electron chi connectivity index (χ3n) is 4.96. The van der Waals surface area contributed by atoms with E-state index >= 15 is 0 Å². The van der Waals surface area contributed by atoms with Crippen molar-refractivity contribution in [2.75, 3.05) is 17.3 Å². The Kier molecular flexibility index (Phi) is 5.46. The molecule has 28 heavy (non-hydrogen) atoms. The van der Waals surface area contributed by atoms with Crippen LogP contribution in [0.2, 0.25) is 0 Å². The van der Waals surface area contributed by atoms with Gasteiger partial charge in [-0.25, -0.2) is 8.42 Å². The van der Waals surface area contributed by atoms with Crippen LogP contribution in [0.3, 0.4) is 0 Å². The molecule has 5 nitrogen and oxygen atoms in total. The van der Waals surface area contributed by atoms with Crippen LogP contribution in [0.25, 0.3) is 10.8 Å². The molecule has 0 unspecified atom stereocenters. The zero-order valence-electron chi connectivity index (χ0n) is 15.3. The number of amides is 1. The van der Waals surface area contributed by atoms with Crippen LogP contribution >= 0.6 is 11.8 Å². The van der Waals surface area contributed by atoms with Gasteiger partial charge in [0, 0.05) is 10.9 Å². The van der Waals surface area contributed by atoms with E-state index in [0.717, 1.165) is 15.7 Å². The van der Waals surface area contributed by atoms with Crippen LogP contribution in [0.15, 0.2) is 70.2 Å². The second-order valence-electron chi connectivity index (χ2n) is 6.96. The molecule has 3 aromatic rings. The summed E-state index contributed by atoms with van der Waals surface area (Å²) >= 11 is 1.47. The third kappa shape index (κ3) is 4.42. The Labute approximate surface area is 168 Å². The molecule has 2 heterocycles. The summed E-state index contributed by atoms with van der Waals surface area (Å²) in [6.45, 7) is 0.296. The number of rotatable bonds is 6. The molecule has 0 spiro atoms. The number of sulfone groups is 1. The number of benzene rings is 2. The monoisotopic (exact) mass is 415 g/mol. The highest BCUT2D eigenvalue weighted by molar-refractivity contribution is 8.00. The first-order chi connectivity index (χ1) is 13.5. The van der Waals surface area contributed by atoms with Crippen molar-refractivity contribution >= 4 is 38.3 Å². The lowest BCUT2D eigenvalue weighted by Gasteiger charge is -2.27. The lowest BCUT2D eigenvalue weighted by Crippen LogP contribution is -2.41. The van der Waals surface area contributed by atoms with Gasteiger partial charge in [0.1, 0.15) is 5.76 Å². The molecule has 0 bridgehead atoms. The minimum Gasteiger partial charge on any atom is -0.467 e. The van der Waals surface area contributed by atoms with Crippen molar-refractivity contribution in [3.05, 3.63) is 66.6 Å². The molecule has 0 N–H and O–H groups in total. The molecule has 0 radical (unpaired) electrons. The van der Waals surface area contributed by atoms with Crippen molar-refractivity contribution in [2.45, 2.75) is 23.9 Å². The minimum atomic E-state index is -3.08. The van der Waals surface area contributed by atoms with Gasteiger partial charge in [-0.2, -0.15) is 0 Å². The van der Waals surface area contributed by atoms with Crippen molar-refractivity contribution in [3.8, 4) is 0 Å². The van der Waals surface area contributed by atoms with Crippen LogP contribution in [0.5, 0.6) is 0 Å². The standard InChI is InChI=1S/C21H21NO4S2/c23-21(14-27-20-8-7-16-4-1-2-5-17(16)12-20)22(13-19-6-3-10-26-19)18-9-11-28(24,25)15-18/h1-8,10,12,18H,9,11,13-15H2/t18-/m0/s1. The Bertz CT molecular complexity index is 1080. The molecule has 1 saturated heterocycles. The van der Waals surface area contributed by atoms with Gasteiger partial charge in [-0.05, 0) is 41.5 Å². The van der Waals surface area contributed by atoms with Crippen LogP contribution in [0.1, 0.15) is 12.2 Å². The van der Waals surface area contributed by atoms with Crippen LogP contribution in [0.4, 0.5) is 0 Å². The van der Waals surface area contributed by atoms with Crippen molar-refractivity contribution in [2.24, 2.45) is 0 Å². The molecular formula is C21H21NO4S2. The molecular weight excluding hydrogens is 394 g/mol. The number of nitrogens with zero attached hydrogens (tertiary/aromatic N) is 1. The van der Waals surface area contributed by atoms with Gasteiger partial charge < -0.3 is 9.32 Å². The SMILES string of the molecule is O=C(CSc1ccc2ccccc2c1)N(Cc1ccco1)[C@H]1CCS(=O)(=O)C1. The first kappa shape index (κ1) is 19.1. The molecule has 1 fully saturated rings. The summed E-state index contributed by atoms with van der Waals surface area (Å²) in [6.07, 6.45) is 2.04. The molecule has 1 aromatic heterocycles. The maximum Gasteiger partial charge on any atom is 0.233 e. The summed E-state index contributed by atoms with van der Waals surface area (Å²) in [6, 6.07) is 17.5. The van der Waals surface area contributed by atoms with E-state index in [-0.39, 0.29) is 29.2 Å². The summed E-state index contributed by atoms with van der Waals surface area (Å²) in [5.41, 5.74) is 0. The van der Waals surface area contributed by atoms with Crippen LogP contribution < -0.4 is 0 Å². The highest BCUT2D eigenvalue weighted by atomic mass is 32.2. The van der Waals surface area contributed by atoms with Crippen molar-refractivity contribution in [1.82, 2.24) is 4.90 Å². The predicted octanol–water partition coefficient (Wildman–Crippen LogP) is 3.74. The van der Waals surface area contributed by atoms with Crippen molar-refractivity contribution < 1.29 is 17.6 Å². The number of fused-ring (bicyclic) bond motifs is 1. The van der Waals surface area contributed by atoms with E-state index < -0.39 is 9.84 Å². The third-order valence-corrected chi connectivity index (χ3v) is 7.69. The molecule has 146 valence electrons. The fraction of sp³-hybridized carbons (Fsp3) is 0.286. The Morgan fingerprint density at radius 1 is 1.11 bits per heavy atom. The summed E-state index contributed by atoms with van der Waals surface area (Å²) < 4.78 is 29.2. The van der Waals surface area contributed by atoms with E-state index in [0.29, 0.717) is 18.7 Å².